The Morgan fingerprint density at radius 3 is 1.83 bits per heavy atom. The van der Waals surface area contributed by atoms with Crippen molar-refractivity contribution in [2.75, 3.05) is 13.1 Å². The molecule has 0 N–H and O–H groups in total. The molecule has 0 aliphatic rings. The molecule has 1 heterocycles. The average Bonchev–Trinajstić information content (AvgIpc) is 3.09. The lowest BCUT2D eigenvalue weighted by atomic mass is 10.0. The molecule has 1 atom stereocenters. The fraction of sp³-hybridized carbons (Fsp3) is 0.176. The van der Waals surface area contributed by atoms with E-state index in [1.165, 1.54) is 17.1 Å². The van der Waals surface area contributed by atoms with Crippen molar-refractivity contribution in [3.8, 4) is 0 Å². The van der Waals surface area contributed by atoms with Gasteiger partial charge in [0, 0.05) is 18.0 Å². The van der Waals surface area contributed by atoms with Gasteiger partial charge < -0.3 is 0 Å². The minimum Gasteiger partial charge on any atom is -0.284 e. The predicted octanol–water partition coefficient (Wildman–Crippen LogP) is 5.21. The van der Waals surface area contributed by atoms with Crippen LogP contribution in [0.2, 0.25) is 0 Å². The van der Waals surface area contributed by atoms with Crippen molar-refractivity contribution in [2.45, 2.75) is 6.04 Å². The van der Waals surface area contributed by atoms with Gasteiger partial charge in [0.2, 0.25) is 5.82 Å². The van der Waals surface area contributed by atoms with Gasteiger partial charge >= 0.3 is 0 Å². The SMILES string of the molecule is C=CCN(CC=C)C(c1cccs1)c1c(F)c(F)c(F)c(F)c1F. The van der Waals surface area contributed by atoms with Gasteiger partial charge in [0.25, 0.3) is 0 Å². The number of hydrogen-bond donors (Lipinski definition) is 0. The number of hydrogen-bond acceptors (Lipinski definition) is 2. The molecule has 0 aliphatic carbocycles. The molecule has 0 aliphatic heterocycles. The van der Waals surface area contributed by atoms with Crippen molar-refractivity contribution >= 4 is 11.3 Å². The molecule has 128 valence electrons. The second kappa shape index (κ2) is 7.72. The monoisotopic (exact) mass is 359 g/mol. The smallest absolute Gasteiger partial charge is 0.200 e. The minimum absolute atomic E-state index is 0.175. The lowest BCUT2D eigenvalue weighted by molar-refractivity contribution is 0.259. The van der Waals surface area contributed by atoms with E-state index < -0.39 is 40.7 Å². The van der Waals surface area contributed by atoms with Crippen LogP contribution >= 0.6 is 11.3 Å². The molecular formula is C17H14F5NS. The first kappa shape index (κ1) is 18.4. The lowest BCUT2D eigenvalue weighted by Gasteiger charge is -2.30. The van der Waals surface area contributed by atoms with E-state index >= 15 is 0 Å². The first-order valence-corrected chi connectivity index (χ1v) is 7.82. The third kappa shape index (κ3) is 3.27. The second-order valence-electron chi connectivity index (χ2n) is 4.93. The van der Waals surface area contributed by atoms with Gasteiger partial charge in [-0.25, -0.2) is 22.0 Å². The van der Waals surface area contributed by atoms with Crippen molar-refractivity contribution < 1.29 is 22.0 Å². The Hall–Kier alpha value is -1.99. The van der Waals surface area contributed by atoms with Gasteiger partial charge in [-0.3, -0.25) is 4.90 Å². The molecule has 1 nitrogen and oxygen atoms in total. The first-order valence-electron chi connectivity index (χ1n) is 6.94. The highest BCUT2D eigenvalue weighted by atomic mass is 32.1. The normalized spacial score (nSPS) is 12.4. The molecule has 0 spiro atoms. The van der Waals surface area contributed by atoms with Crippen molar-refractivity contribution in [2.24, 2.45) is 0 Å². The fourth-order valence-corrected chi connectivity index (χ4v) is 3.30. The van der Waals surface area contributed by atoms with Crippen LogP contribution in [-0.2, 0) is 0 Å². The zero-order valence-electron chi connectivity index (χ0n) is 12.5. The first-order chi connectivity index (χ1) is 11.4. The third-order valence-electron chi connectivity index (χ3n) is 3.42. The standard InChI is InChI=1S/C17H14F5NS/c1-3-7-23(8-4-2)17(10-6-5-9-24-10)11-12(18)14(20)16(22)15(21)13(11)19/h3-6,9,17H,1-2,7-8H2. The summed E-state index contributed by atoms with van der Waals surface area (Å²) in [6.07, 6.45) is 2.96. The summed E-state index contributed by atoms with van der Waals surface area (Å²) < 4.78 is 69.2. The molecule has 1 aromatic carbocycles. The van der Waals surface area contributed by atoms with Gasteiger partial charge in [-0.2, -0.15) is 0 Å². The van der Waals surface area contributed by atoms with Gasteiger partial charge in [-0.1, -0.05) is 18.2 Å². The zero-order valence-corrected chi connectivity index (χ0v) is 13.4. The van der Waals surface area contributed by atoms with Crippen LogP contribution in [0, 0.1) is 29.1 Å². The van der Waals surface area contributed by atoms with Gasteiger partial charge in [-0.05, 0) is 11.4 Å². The van der Waals surface area contributed by atoms with Crippen LogP contribution in [-0.4, -0.2) is 18.0 Å². The van der Waals surface area contributed by atoms with E-state index in [-0.39, 0.29) is 13.1 Å². The van der Waals surface area contributed by atoms with Gasteiger partial charge in [-0.15, -0.1) is 24.5 Å². The van der Waals surface area contributed by atoms with E-state index in [2.05, 4.69) is 13.2 Å². The van der Waals surface area contributed by atoms with Crippen LogP contribution in [0.25, 0.3) is 0 Å². The number of benzene rings is 1. The molecule has 0 saturated heterocycles. The molecule has 24 heavy (non-hydrogen) atoms. The number of nitrogens with zero attached hydrogens (tertiary/aromatic N) is 1. The van der Waals surface area contributed by atoms with E-state index in [0.29, 0.717) is 4.88 Å². The van der Waals surface area contributed by atoms with E-state index in [9.17, 15) is 22.0 Å². The molecule has 0 amide bonds. The maximum atomic E-state index is 14.3. The molecule has 0 saturated carbocycles. The Morgan fingerprint density at radius 1 is 0.917 bits per heavy atom. The summed E-state index contributed by atoms with van der Waals surface area (Å²) >= 11 is 1.16. The van der Waals surface area contributed by atoms with Crippen molar-refractivity contribution in [1.29, 1.82) is 0 Å². The number of halogens is 5. The Bertz CT molecular complexity index is 703. The summed E-state index contributed by atoms with van der Waals surface area (Å²) in [7, 11) is 0. The summed E-state index contributed by atoms with van der Waals surface area (Å²) in [4.78, 5) is 1.96. The topological polar surface area (TPSA) is 3.24 Å². The molecule has 2 rings (SSSR count). The van der Waals surface area contributed by atoms with Crippen molar-refractivity contribution in [1.82, 2.24) is 4.90 Å². The largest absolute Gasteiger partial charge is 0.284 e. The molecular weight excluding hydrogens is 345 g/mol. The summed E-state index contributed by atoms with van der Waals surface area (Å²) in [5, 5.41) is 1.66. The third-order valence-corrected chi connectivity index (χ3v) is 4.35. The van der Waals surface area contributed by atoms with Gasteiger partial charge in [0.05, 0.1) is 11.6 Å². The summed E-state index contributed by atoms with van der Waals surface area (Å²) in [5.41, 5.74) is -0.877. The van der Waals surface area contributed by atoms with Crippen LogP contribution in [0.15, 0.2) is 42.8 Å². The Kier molecular flexibility index (Phi) is 5.90. The van der Waals surface area contributed by atoms with Crippen molar-refractivity contribution in [3.63, 3.8) is 0 Å². The summed E-state index contributed by atoms with van der Waals surface area (Å²) in [6.45, 7) is 7.48. The average molecular weight is 359 g/mol. The van der Waals surface area contributed by atoms with Crippen LogP contribution in [0.4, 0.5) is 22.0 Å². The Balaban J connectivity index is 2.73. The molecule has 0 bridgehead atoms. The van der Waals surface area contributed by atoms with Crippen molar-refractivity contribution in [3.05, 3.63) is 82.3 Å². The quantitative estimate of drug-likeness (QED) is 0.284. The fourth-order valence-electron chi connectivity index (χ4n) is 2.43. The second-order valence-corrected chi connectivity index (χ2v) is 5.91. The summed E-state index contributed by atoms with van der Waals surface area (Å²) in [5.74, 6) is -9.74. The van der Waals surface area contributed by atoms with Crippen LogP contribution in [0.5, 0.6) is 0 Å². The highest BCUT2D eigenvalue weighted by Gasteiger charge is 2.34. The molecule has 1 unspecified atom stereocenters. The maximum absolute atomic E-state index is 14.3. The number of rotatable bonds is 7. The Morgan fingerprint density at radius 2 is 1.42 bits per heavy atom. The molecule has 1 aromatic heterocycles. The van der Waals surface area contributed by atoms with E-state index in [1.54, 1.807) is 17.5 Å². The molecule has 7 heteroatoms. The lowest BCUT2D eigenvalue weighted by Crippen LogP contribution is -2.31. The molecule has 0 radical (unpaired) electrons. The van der Waals surface area contributed by atoms with E-state index in [0.717, 1.165) is 11.3 Å². The zero-order chi connectivity index (χ0) is 17.9. The highest BCUT2D eigenvalue weighted by molar-refractivity contribution is 7.10. The maximum Gasteiger partial charge on any atom is 0.200 e. The molecule has 0 fully saturated rings. The molecule has 2 aromatic rings. The predicted molar refractivity (Wildman–Crippen MR) is 84.4 cm³/mol. The van der Waals surface area contributed by atoms with Crippen LogP contribution in [0.3, 0.4) is 0 Å². The Labute approximate surface area is 140 Å². The van der Waals surface area contributed by atoms with Gasteiger partial charge in [0.1, 0.15) is 0 Å². The van der Waals surface area contributed by atoms with Crippen LogP contribution in [0.1, 0.15) is 16.5 Å². The van der Waals surface area contributed by atoms with Crippen LogP contribution < -0.4 is 0 Å². The van der Waals surface area contributed by atoms with E-state index in [4.69, 9.17) is 0 Å². The highest BCUT2D eigenvalue weighted by Crippen LogP contribution is 2.37. The minimum atomic E-state index is -2.17. The van der Waals surface area contributed by atoms with E-state index in [1.807, 2.05) is 0 Å². The summed E-state index contributed by atoms with van der Waals surface area (Å²) in [6, 6.07) is 2.07. The number of thiophene rings is 1. The van der Waals surface area contributed by atoms with Gasteiger partial charge in [0.15, 0.2) is 23.3 Å².